The third-order valence-corrected chi connectivity index (χ3v) is 8.29. The van der Waals surface area contributed by atoms with Crippen molar-refractivity contribution in [3.05, 3.63) is 71.8 Å². The molecule has 1 saturated carbocycles. The number of carbonyl (C=O) groups excluding carboxylic acids is 1. The number of hydrogen-bond acceptors (Lipinski definition) is 4. The summed E-state index contributed by atoms with van der Waals surface area (Å²) in [6.07, 6.45) is 6.84. The number of aliphatic hydroxyl groups is 1. The van der Waals surface area contributed by atoms with Gasteiger partial charge in [0.1, 0.15) is 5.60 Å². The monoisotopic (exact) mass is 515 g/mol. The summed E-state index contributed by atoms with van der Waals surface area (Å²) in [5.74, 6) is -0.280. The van der Waals surface area contributed by atoms with Gasteiger partial charge in [0.2, 0.25) is 0 Å². The van der Waals surface area contributed by atoms with E-state index in [-0.39, 0.29) is 36.9 Å². The first-order chi connectivity index (χ1) is 17.9. The Labute approximate surface area is 238 Å². The molecule has 0 radical (unpaired) electrons. The fourth-order valence-electron chi connectivity index (χ4n) is 6.00. The summed E-state index contributed by atoms with van der Waals surface area (Å²) in [5.41, 5.74) is 0.113. The van der Waals surface area contributed by atoms with Crippen LogP contribution in [0.15, 0.2) is 60.7 Å². The molecule has 1 aliphatic heterocycles. The number of hydrogen-bond donors (Lipinski definition) is 4. The van der Waals surface area contributed by atoms with Crippen LogP contribution in [0.4, 0.5) is 4.79 Å². The van der Waals surface area contributed by atoms with Gasteiger partial charge in [-0.05, 0) is 82.0 Å². The summed E-state index contributed by atoms with van der Waals surface area (Å²) in [4.78, 5) is 26.6. The molecule has 7 nitrogen and oxygen atoms in total. The average molecular weight is 516 g/mol. The maximum atomic E-state index is 12.9. The van der Waals surface area contributed by atoms with Gasteiger partial charge >= 0.3 is 30.9 Å². The molecule has 0 spiro atoms. The van der Waals surface area contributed by atoms with Gasteiger partial charge in [-0.2, -0.15) is 0 Å². The van der Waals surface area contributed by atoms with Gasteiger partial charge in [0.05, 0.1) is 12.0 Å². The number of piperidine rings is 1. The van der Waals surface area contributed by atoms with Crippen LogP contribution in [0.3, 0.4) is 0 Å². The van der Waals surface area contributed by atoms with Crippen molar-refractivity contribution in [2.24, 2.45) is 11.8 Å². The standard InChI is InChI=1S/C30H41N3O4.Li.H/c1-22(30(37,25-10-4-2-5-11-25)26-12-6-3-7-13-26)31-29(36)32-27-16-14-23(15-17-27)18-20-33-19-8-9-24(21-33)28(34)35;;/h2-7,10-13,22-24,27,37H,8-9,14-21H2,1H3,(H,34,35)(H2,31,32,36);;/t22-,23?,24?,27?;;/m0../s1. The van der Waals surface area contributed by atoms with Crippen molar-refractivity contribution < 1.29 is 19.8 Å². The van der Waals surface area contributed by atoms with Gasteiger partial charge in [-0.3, -0.25) is 4.79 Å². The summed E-state index contributed by atoms with van der Waals surface area (Å²) < 4.78 is 0. The Bertz CT molecular complexity index is 975. The van der Waals surface area contributed by atoms with E-state index in [0.29, 0.717) is 12.5 Å². The molecule has 4 N–H and O–H groups in total. The second-order valence-corrected chi connectivity index (χ2v) is 10.8. The molecule has 2 atom stereocenters. The Morgan fingerprint density at radius 3 is 2.11 bits per heavy atom. The minimum atomic E-state index is -1.36. The minimum absolute atomic E-state index is 0. The van der Waals surface area contributed by atoms with Crippen molar-refractivity contribution in [3.63, 3.8) is 0 Å². The normalized spacial score (nSPS) is 23.1. The van der Waals surface area contributed by atoms with E-state index < -0.39 is 17.6 Å². The topological polar surface area (TPSA) is 102 Å². The zero-order chi connectivity index (χ0) is 26.3. The Balaban J connectivity index is 0.00000400. The van der Waals surface area contributed by atoms with Crippen LogP contribution < -0.4 is 10.6 Å². The molecule has 2 aliphatic rings. The zero-order valence-corrected chi connectivity index (χ0v) is 21.8. The Morgan fingerprint density at radius 1 is 0.974 bits per heavy atom. The van der Waals surface area contributed by atoms with Gasteiger partial charge in [0.15, 0.2) is 0 Å². The molecule has 1 heterocycles. The van der Waals surface area contributed by atoms with E-state index in [9.17, 15) is 19.8 Å². The Kier molecular flexibility index (Phi) is 11.3. The van der Waals surface area contributed by atoms with Gasteiger partial charge in [-0.1, -0.05) is 60.7 Å². The molecule has 1 saturated heterocycles. The van der Waals surface area contributed by atoms with Crippen LogP contribution in [0.1, 0.15) is 63.0 Å². The predicted octanol–water partition coefficient (Wildman–Crippen LogP) is 3.71. The van der Waals surface area contributed by atoms with Crippen LogP contribution in [-0.2, 0) is 10.4 Å². The van der Waals surface area contributed by atoms with Crippen LogP contribution in [0.25, 0.3) is 0 Å². The SMILES string of the molecule is C[C@H](NC(=O)NC1CCC(CCN2CCCC(C(=O)O)C2)CC1)C(O)(c1ccccc1)c1ccccc1.[LiH]. The first-order valence-corrected chi connectivity index (χ1v) is 13.7. The van der Waals surface area contributed by atoms with Crippen molar-refractivity contribution >= 4 is 30.9 Å². The number of nitrogens with zero attached hydrogens (tertiary/aromatic N) is 1. The Morgan fingerprint density at radius 2 is 1.55 bits per heavy atom. The number of likely N-dealkylation sites (tertiary alicyclic amines) is 1. The van der Waals surface area contributed by atoms with Gasteiger partial charge in [0.25, 0.3) is 0 Å². The van der Waals surface area contributed by atoms with E-state index in [2.05, 4.69) is 15.5 Å². The summed E-state index contributed by atoms with van der Waals surface area (Å²) >= 11 is 0. The molecule has 2 amide bonds. The quantitative estimate of drug-likeness (QED) is 0.382. The second-order valence-electron chi connectivity index (χ2n) is 10.8. The van der Waals surface area contributed by atoms with Gasteiger partial charge in [-0.15, -0.1) is 0 Å². The zero-order valence-electron chi connectivity index (χ0n) is 21.8. The summed E-state index contributed by atoms with van der Waals surface area (Å²) in [7, 11) is 0. The van der Waals surface area contributed by atoms with Gasteiger partial charge in [-0.25, -0.2) is 4.79 Å². The van der Waals surface area contributed by atoms with Crippen molar-refractivity contribution in [1.29, 1.82) is 0 Å². The molecular formula is C30H42LiN3O4. The predicted molar refractivity (Wildman–Crippen MR) is 151 cm³/mol. The second kappa shape index (κ2) is 14.2. The van der Waals surface area contributed by atoms with Crippen molar-refractivity contribution in [2.75, 3.05) is 19.6 Å². The van der Waals surface area contributed by atoms with Gasteiger partial charge < -0.3 is 25.7 Å². The molecule has 8 heteroatoms. The molecule has 1 aliphatic carbocycles. The van der Waals surface area contributed by atoms with E-state index in [1.54, 1.807) is 0 Å². The number of carboxylic acids is 1. The van der Waals surface area contributed by atoms with E-state index in [1.165, 1.54) is 0 Å². The van der Waals surface area contributed by atoms with E-state index >= 15 is 0 Å². The molecule has 2 aromatic rings. The average Bonchev–Trinajstić information content (AvgIpc) is 2.93. The number of nitrogens with one attached hydrogen (secondary N) is 2. The molecule has 4 rings (SSSR count). The van der Waals surface area contributed by atoms with E-state index in [0.717, 1.165) is 69.2 Å². The summed E-state index contributed by atoms with van der Waals surface area (Å²) in [6, 6.07) is 18.3. The van der Waals surface area contributed by atoms with Crippen molar-refractivity contribution in [3.8, 4) is 0 Å². The molecule has 38 heavy (non-hydrogen) atoms. The third-order valence-electron chi connectivity index (χ3n) is 8.29. The third kappa shape index (κ3) is 7.63. The van der Waals surface area contributed by atoms with Crippen LogP contribution >= 0.6 is 0 Å². The molecule has 1 unspecified atom stereocenters. The number of urea groups is 1. The fourth-order valence-corrected chi connectivity index (χ4v) is 6.00. The van der Waals surface area contributed by atoms with Crippen LogP contribution in [0, 0.1) is 11.8 Å². The molecular weight excluding hydrogens is 473 g/mol. The molecule has 202 valence electrons. The summed E-state index contributed by atoms with van der Waals surface area (Å²) in [5, 5.41) is 27.3. The van der Waals surface area contributed by atoms with Gasteiger partial charge in [0, 0.05) is 12.6 Å². The fraction of sp³-hybridized carbons (Fsp3) is 0.533. The van der Waals surface area contributed by atoms with Crippen LogP contribution in [0.2, 0.25) is 0 Å². The Hall–Kier alpha value is -2.30. The number of aliphatic carboxylic acids is 1. The van der Waals surface area contributed by atoms with Crippen molar-refractivity contribution in [1.82, 2.24) is 15.5 Å². The number of benzene rings is 2. The molecule has 0 aromatic heterocycles. The molecule has 2 fully saturated rings. The molecule has 0 bridgehead atoms. The first kappa shape index (κ1) is 30.2. The molecule has 2 aromatic carbocycles. The van der Waals surface area contributed by atoms with Crippen LogP contribution in [-0.4, -0.2) is 77.7 Å². The number of amides is 2. The number of rotatable bonds is 9. The van der Waals surface area contributed by atoms with E-state index in [1.807, 2.05) is 67.6 Å². The first-order valence-electron chi connectivity index (χ1n) is 13.7. The number of carbonyl (C=O) groups is 2. The summed E-state index contributed by atoms with van der Waals surface area (Å²) in [6.45, 7) is 4.47. The van der Waals surface area contributed by atoms with Crippen molar-refractivity contribution in [2.45, 2.75) is 69.6 Å². The maximum absolute atomic E-state index is 12.9. The van der Waals surface area contributed by atoms with Crippen LogP contribution in [0.5, 0.6) is 0 Å². The van der Waals surface area contributed by atoms with E-state index in [4.69, 9.17) is 0 Å². The number of carboxylic acid groups (broad SMARTS) is 1.